The summed E-state index contributed by atoms with van der Waals surface area (Å²) in [5, 5.41) is 3.88. The van der Waals surface area contributed by atoms with E-state index < -0.39 is 11.7 Å². The van der Waals surface area contributed by atoms with Crippen molar-refractivity contribution in [2.75, 3.05) is 31.7 Å². The number of anilines is 2. The molecule has 0 unspecified atom stereocenters. The van der Waals surface area contributed by atoms with Crippen molar-refractivity contribution in [2.45, 2.75) is 37.6 Å². The molecule has 1 fully saturated rings. The first-order valence-electron chi connectivity index (χ1n) is 11.0. The minimum atomic E-state index is -0.685. The van der Waals surface area contributed by atoms with Crippen molar-refractivity contribution in [3.05, 3.63) is 58.5 Å². The molecule has 2 aliphatic rings. The lowest BCUT2D eigenvalue weighted by Gasteiger charge is -2.26. The van der Waals surface area contributed by atoms with E-state index >= 15 is 4.39 Å². The summed E-state index contributed by atoms with van der Waals surface area (Å²) in [6, 6.07) is 3.42. The second kappa shape index (κ2) is 7.73. The zero-order chi connectivity index (χ0) is 23.5. The van der Waals surface area contributed by atoms with Gasteiger partial charge in [0.2, 0.25) is 0 Å². The van der Waals surface area contributed by atoms with Crippen molar-refractivity contribution in [1.82, 2.24) is 19.4 Å². The number of fused-ring (bicyclic) bond motifs is 2. The molecule has 2 atom stereocenters. The third-order valence-corrected chi connectivity index (χ3v) is 7.46. The molecule has 5 rings (SSSR count). The fraction of sp³-hybridized carbons (Fsp3) is 0.375. The number of nitrogens with one attached hydrogen (secondary N) is 1. The van der Waals surface area contributed by atoms with Crippen LogP contribution >= 0.6 is 11.6 Å². The summed E-state index contributed by atoms with van der Waals surface area (Å²) in [7, 11) is 3.12. The van der Waals surface area contributed by atoms with Gasteiger partial charge in [-0.3, -0.25) is 4.79 Å². The highest BCUT2D eigenvalue weighted by Crippen LogP contribution is 2.54. The summed E-state index contributed by atoms with van der Waals surface area (Å²) in [4.78, 5) is 22.8. The maximum absolute atomic E-state index is 15.6. The number of rotatable bonds is 3. The number of hydrogen-bond donors (Lipinski definition) is 2. The average Bonchev–Trinajstić information content (AvgIpc) is 3.48. The van der Waals surface area contributed by atoms with Crippen LogP contribution in [0.3, 0.4) is 0 Å². The summed E-state index contributed by atoms with van der Waals surface area (Å²) in [5.74, 6) is 0.552. The Balaban J connectivity index is 1.59. The lowest BCUT2D eigenvalue weighted by molar-refractivity contribution is 0.0824. The van der Waals surface area contributed by atoms with Gasteiger partial charge in [0, 0.05) is 73.1 Å². The summed E-state index contributed by atoms with van der Waals surface area (Å²) < 4.78 is 17.8. The molecule has 0 radical (unpaired) electrons. The van der Waals surface area contributed by atoms with Crippen molar-refractivity contribution in [2.24, 2.45) is 0 Å². The molecule has 1 aliphatic carbocycles. The topological polar surface area (TPSA) is 89.1 Å². The fourth-order valence-corrected chi connectivity index (χ4v) is 5.81. The predicted octanol–water partition coefficient (Wildman–Crippen LogP) is 4.42. The van der Waals surface area contributed by atoms with E-state index in [9.17, 15) is 4.79 Å². The third kappa shape index (κ3) is 3.27. The molecule has 33 heavy (non-hydrogen) atoms. The quantitative estimate of drug-likeness (QED) is 0.555. The Kier molecular flexibility index (Phi) is 5.08. The standard InChI is InChI=1S/C24H26ClFN6O/c1-13-28-8-9-32(13)14-6-7-24(10-14)12-30-22-19(24)20(25)16(11-29-22)15-4-5-17(27)18(21(15)26)23(33)31(2)3/h4-5,8-9,11,14H,6-7,10,12,27H2,1-3H3,(H,29,30)/t14-,24+/m1/s1. The molecule has 1 aliphatic heterocycles. The number of aryl methyl sites for hydroxylation is 1. The Morgan fingerprint density at radius 3 is 2.82 bits per heavy atom. The molecule has 3 heterocycles. The average molecular weight is 469 g/mol. The van der Waals surface area contributed by atoms with E-state index in [0.717, 1.165) is 43.0 Å². The second-order valence-corrected chi connectivity index (χ2v) is 9.59. The first-order valence-corrected chi connectivity index (χ1v) is 11.3. The first kappa shape index (κ1) is 21.7. The normalized spacial score (nSPS) is 21.3. The van der Waals surface area contributed by atoms with Gasteiger partial charge in [0.1, 0.15) is 17.5 Å². The lowest BCUT2D eigenvalue weighted by atomic mass is 9.80. The first-order chi connectivity index (χ1) is 15.7. The Hall–Kier alpha value is -3.13. The van der Waals surface area contributed by atoms with Crippen LogP contribution in [0.25, 0.3) is 11.1 Å². The van der Waals surface area contributed by atoms with Crippen LogP contribution in [0.1, 0.15) is 47.1 Å². The molecular formula is C24H26ClFN6O. The number of nitrogen functional groups attached to an aromatic ring is 1. The second-order valence-electron chi connectivity index (χ2n) is 9.21. The molecule has 0 saturated heterocycles. The van der Waals surface area contributed by atoms with Crippen molar-refractivity contribution in [1.29, 1.82) is 0 Å². The van der Waals surface area contributed by atoms with Gasteiger partial charge in [-0.1, -0.05) is 11.6 Å². The number of pyridine rings is 1. The van der Waals surface area contributed by atoms with Crippen molar-refractivity contribution < 1.29 is 9.18 Å². The number of amides is 1. The highest BCUT2D eigenvalue weighted by molar-refractivity contribution is 6.34. The molecule has 1 aromatic carbocycles. The van der Waals surface area contributed by atoms with Crippen LogP contribution in [0.15, 0.2) is 30.7 Å². The molecule has 0 bridgehead atoms. The van der Waals surface area contributed by atoms with Crippen LogP contribution in [0.5, 0.6) is 0 Å². The minimum absolute atomic E-state index is 0.0904. The Labute approximate surface area is 196 Å². The van der Waals surface area contributed by atoms with Crippen molar-refractivity contribution >= 4 is 29.0 Å². The zero-order valence-corrected chi connectivity index (χ0v) is 19.6. The monoisotopic (exact) mass is 468 g/mol. The van der Waals surface area contributed by atoms with Gasteiger partial charge in [0.05, 0.1) is 10.6 Å². The maximum atomic E-state index is 15.6. The van der Waals surface area contributed by atoms with Crippen LogP contribution < -0.4 is 11.1 Å². The summed E-state index contributed by atoms with van der Waals surface area (Å²) in [6.45, 7) is 2.74. The molecule has 172 valence electrons. The van der Waals surface area contributed by atoms with Crippen LogP contribution in [-0.4, -0.2) is 46.0 Å². The van der Waals surface area contributed by atoms with Crippen LogP contribution in [0, 0.1) is 12.7 Å². The number of benzene rings is 1. The third-order valence-electron chi connectivity index (χ3n) is 7.06. The zero-order valence-electron chi connectivity index (χ0n) is 18.8. The molecule has 3 aromatic rings. The van der Waals surface area contributed by atoms with Crippen LogP contribution in [0.4, 0.5) is 15.9 Å². The predicted molar refractivity (Wildman–Crippen MR) is 127 cm³/mol. The number of nitrogens with zero attached hydrogens (tertiary/aromatic N) is 4. The summed E-state index contributed by atoms with van der Waals surface area (Å²) in [6.07, 6.45) is 8.24. The van der Waals surface area contributed by atoms with Gasteiger partial charge >= 0.3 is 0 Å². The Morgan fingerprint density at radius 2 is 2.12 bits per heavy atom. The van der Waals surface area contributed by atoms with Gasteiger partial charge in [-0.05, 0) is 38.3 Å². The van der Waals surface area contributed by atoms with E-state index in [-0.39, 0.29) is 22.2 Å². The fourth-order valence-electron chi connectivity index (χ4n) is 5.37. The van der Waals surface area contributed by atoms with E-state index in [1.807, 2.05) is 19.3 Å². The number of aromatic nitrogens is 3. The molecule has 2 aromatic heterocycles. The van der Waals surface area contributed by atoms with Crippen LogP contribution in [0.2, 0.25) is 5.02 Å². The van der Waals surface area contributed by atoms with Crippen LogP contribution in [-0.2, 0) is 5.41 Å². The SMILES string of the molecule is Cc1nccn1[C@@H]1CC[C@@]2(CNc3ncc(-c4ccc(N)c(C(=O)N(C)C)c4F)c(Cl)c32)C1. The van der Waals surface area contributed by atoms with Gasteiger partial charge < -0.3 is 20.5 Å². The Bertz CT molecular complexity index is 1270. The molecule has 1 amide bonds. The van der Waals surface area contributed by atoms with E-state index in [1.54, 1.807) is 32.4 Å². The molecule has 1 saturated carbocycles. The number of hydrogen-bond acceptors (Lipinski definition) is 5. The summed E-state index contributed by atoms with van der Waals surface area (Å²) >= 11 is 6.98. The van der Waals surface area contributed by atoms with Crippen molar-refractivity contribution in [3.8, 4) is 11.1 Å². The van der Waals surface area contributed by atoms with Gasteiger partial charge in [-0.2, -0.15) is 0 Å². The Morgan fingerprint density at radius 1 is 1.33 bits per heavy atom. The van der Waals surface area contributed by atoms with E-state index in [1.165, 1.54) is 4.90 Å². The maximum Gasteiger partial charge on any atom is 0.258 e. The van der Waals surface area contributed by atoms with Gasteiger partial charge in [-0.15, -0.1) is 0 Å². The number of nitrogens with two attached hydrogens (primary N) is 1. The van der Waals surface area contributed by atoms with E-state index in [4.69, 9.17) is 17.3 Å². The van der Waals surface area contributed by atoms with Gasteiger partial charge in [-0.25, -0.2) is 14.4 Å². The molecule has 9 heteroatoms. The number of halogens is 2. The largest absolute Gasteiger partial charge is 0.398 e. The van der Waals surface area contributed by atoms with Crippen molar-refractivity contribution in [3.63, 3.8) is 0 Å². The number of carbonyl (C=O) groups is 1. The smallest absolute Gasteiger partial charge is 0.258 e. The highest BCUT2D eigenvalue weighted by atomic mass is 35.5. The summed E-state index contributed by atoms with van der Waals surface area (Å²) in [5.41, 5.74) is 7.31. The minimum Gasteiger partial charge on any atom is -0.398 e. The lowest BCUT2D eigenvalue weighted by Crippen LogP contribution is -2.26. The molecule has 3 N–H and O–H groups in total. The molecular weight excluding hydrogens is 443 g/mol. The molecule has 1 spiro atoms. The van der Waals surface area contributed by atoms with Gasteiger partial charge in [0.25, 0.3) is 5.91 Å². The van der Waals surface area contributed by atoms with Gasteiger partial charge in [0.15, 0.2) is 0 Å². The van der Waals surface area contributed by atoms with E-state index in [2.05, 4.69) is 19.9 Å². The number of imidazole rings is 1. The number of carbonyl (C=O) groups excluding carboxylic acids is 1. The molecule has 7 nitrogen and oxygen atoms in total. The van der Waals surface area contributed by atoms with E-state index in [0.29, 0.717) is 16.6 Å². The highest BCUT2D eigenvalue weighted by Gasteiger charge is 2.48.